The second kappa shape index (κ2) is 13.8. The Balaban J connectivity index is 1.59. The molecule has 1 saturated heterocycles. The van der Waals surface area contributed by atoms with Gasteiger partial charge >= 0.3 is 0 Å². The molecule has 6 heteroatoms. The molecule has 2 aliphatic heterocycles. The van der Waals surface area contributed by atoms with E-state index in [-0.39, 0.29) is 35.3 Å². The van der Waals surface area contributed by atoms with E-state index < -0.39 is 5.41 Å². The summed E-state index contributed by atoms with van der Waals surface area (Å²) in [5, 5.41) is 27.4. The Bertz CT molecular complexity index is 2040. The first-order valence-electron chi connectivity index (χ1n) is 19.0. The average molecular weight is 701 g/mol. The number of para-hydroxylation sites is 4. The molecule has 53 heavy (non-hydrogen) atoms. The summed E-state index contributed by atoms with van der Waals surface area (Å²) in [6.45, 7) is 19.9. The maximum atomic E-state index is 9.83. The maximum absolute atomic E-state index is 9.83. The Hall–Kier alpha value is -5.49. The molecule has 5 aromatic carbocycles. The second-order valence-electron chi connectivity index (χ2n) is 15.8. The second-order valence-corrected chi connectivity index (χ2v) is 15.8. The standard InChI is InChI=1S/C47H52N6/c1-29(2)34-21-17-22-35(30(3)4)42(34)51-44(48)45(49)52(43-36(31(5)6)23-18-24-37(43)32(7)8)46(51)50-53-40-27-15-13-25-38(40)47(9,33-19-11-10-12-20-33)39-26-14-16-28-41(39)53/h10-32,48-49H,1-9H3. The molecule has 0 atom stereocenters. The third-order valence-electron chi connectivity index (χ3n) is 11.1. The molecule has 0 aliphatic carbocycles. The van der Waals surface area contributed by atoms with E-state index in [1.807, 2.05) is 9.80 Å². The van der Waals surface area contributed by atoms with E-state index in [2.05, 4.69) is 183 Å². The van der Waals surface area contributed by atoms with Gasteiger partial charge in [-0.2, -0.15) is 0 Å². The van der Waals surface area contributed by atoms with Crippen molar-refractivity contribution in [3.63, 3.8) is 0 Å². The number of hydrogen-bond acceptors (Lipinski definition) is 4. The molecule has 2 N–H and O–H groups in total. The summed E-state index contributed by atoms with van der Waals surface area (Å²) in [4.78, 5) is 3.93. The van der Waals surface area contributed by atoms with Crippen molar-refractivity contribution < 1.29 is 0 Å². The predicted octanol–water partition coefficient (Wildman–Crippen LogP) is 12.2. The zero-order valence-electron chi connectivity index (χ0n) is 32.6. The fourth-order valence-electron chi connectivity index (χ4n) is 8.28. The molecule has 5 aromatic rings. The summed E-state index contributed by atoms with van der Waals surface area (Å²) in [6.07, 6.45) is 0. The van der Waals surface area contributed by atoms with Gasteiger partial charge in [-0.25, -0.2) is 5.01 Å². The Morgan fingerprint density at radius 1 is 0.472 bits per heavy atom. The summed E-state index contributed by atoms with van der Waals surface area (Å²) in [5.74, 6) is 1.46. The molecular weight excluding hydrogens is 649 g/mol. The lowest BCUT2D eigenvalue weighted by atomic mass is 9.68. The van der Waals surface area contributed by atoms with Gasteiger partial charge in [-0.3, -0.25) is 20.6 Å². The summed E-state index contributed by atoms with van der Waals surface area (Å²) < 4.78 is 0. The van der Waals surface area contributed by atoms with Crippen LogP contribution in [0.3, 0.4) is 0 Å². The van der Waals surface area contributed by atoms with Crippen molar-refractivity contribution in [2.24, 2.45) is 5.10 Å². The fraction of sp³-hybridized carbons (Fsp3) is 0.298. The molecular formula is C47H52N6. The lowest BCUT2D eigenvalue weighted by Crippen LogP contribution is -2.41. The molecule has 2 heterocycles. The third-order valence-corrected chi connectivity index (χ3v) is 11.1. The van der Waals surface area contributed by atoms with Crippen LogP contribution in [0.2, 0.25) is 0 Å². The smallest absolute Gasteiger partial charge is 0.240 e. The van der Waals surface area contributed by atoms with Gasteiger partial charge in [0.25, 0.3) is 0 Å². The summed E-state index contributed by atoms with van der Waals surface area (Å²) in [7, 11) is 0. The SMILES string of the molecule is CC(C)c1cccc(C(C)C)c1N1C(=N)C(=N)N(c2c(C(C)C)cccc2C(C)C)C1=NN1c2ccccc2C(C)(c2ccccc2)c2ccccc21. The van der Waals surface area contributed by atoms with Crippen LogP contribution in [0, 0.1) is 10.8 Å². The predicted molar refractivity (Wildman–Crippen MR) is 224 cm³/mol. The minimum absolute atomic E-state index is 0.111. The van der Waals surface area contributed by atoms with Gasteiger partial charge in [-0.05, 0) is 81.7 Å². The van der Waals surface area contributed by atoms with E-state index in [0.717, 1.165) is 56.1 Å². The Morgan fingerprint density at radius 2 is 0.830 bits per heavy atom. The van der Waals surface area contributed by atoms with Crippen molar-refractivity contribution in [2.75, 3.05) is 14.8 Å². The normalized spacial score (nSPS) is 15.3. The Kier molecular flexibility index (Phi) is 9.35. The summed E-state index contributed by atoms with van der Waals surface area (Å²) in [6, 6.07) is 40.8. The molecule has 0 saturated carbocycles. The number of anilines is 4. The van der Waals surface area contributed by atoms with Crippen molar-refractivity contribution in [2.45, 2.75) is 91.4 Å². The third kappa shape index (κ3) is 5.76. The molecule has 2 aliphatic rings. The van der Waals surface area contributed by atoms with Crippen LogP contribution in [0.15, 0.2) is 120 Å². The number of nitrogens with zero attached hydrogens (tertiary/aromatic N) is 4. The Morgan fingerprint density at radius 3 is 1.21 bits per heavy atom. The average Bonchev–Trinajstić information content (AvgIpc) is 3.40. The van der Waals surface area contributed by atoms with Gasteiger partial charge in [0.05, 0.1) is 22.7 Å². The molecule has 0 unspecified atom stereocenters. The van der Waals surface area contributed by atoms with Gasteiger partial charge < -0.3 is 0 Å². The number of amidine groups is 2. The zero-order chi connectivity index (χ0) is 37.8. The molecule has 6 nitrogen and oxygen atoms in total. The minimum atomic E-state index is -0.441. The zero-order valence-corrected chi connectivity index (χ0v) is 32.6. The van der Waals surface area contributed by atoms with Crippen LogP contribution in [0.25, 0.3) is 0 Å². The van der Waals surface area contributed by atoms with Gasteiger partial charge in [-0.1, -0.05) is 159 Å². The maximum Gasteiger partial charge on any atom is 0.240 e. The van der Waals surface area contributed by atoms with Crippen LogP contribution < -0.4 is 14.8 Å². The van der Waals surface area contributed by atoms with E-state index in [1.54, 1.807) is 0 Å². The van der Waals surface area contributed by atoms with E-state index >= 15 is 0 Å². The number of nitrogens with one attached hydrogen (secondary N) is 2. The Labute approximate surface area is 315 Å². The number of rotatable bonds is 8. The molecule has 0 bridgehead atoms. The highest BCUT2D eigenvalue weighted by Gasteiger charge is 2.46. The van der Waals surface area contributed by atoms with Gasteiger partial charge in [0.1, 0.15) is 0 Å². The number of fused-ring (bicyclic) bond motifs is 2. The topological polar surface area (TPSA) is 69.8 Å². The number of benzene rings is 5. The molecule has 0 radical (unpaired) electrons. The number of hydrazone groups is 1. The molecule has 1 fully saturated rings. The quantitative estimate of drug-likeness (QED) is 0.169. The number of guanidine groups is 1. The van der Waals surface area contributed by atoms with E-state index in [9.17, 15) is 10.8 Å². The lowest BCUT2D eigenvalue weighted by Gasteiger charge is -2.42. The van der Waals surface area contributed by atoms with E-state index in [4.69, 9.17) is 5.10 Å². The van der Waals surface area contributed by atoms with Crippen molar-refractivity contribution in [1.29, 1.82) is 10.8 Å². The van der Waals surface area contributed by atoms with Crippen molar-refractivity contribution in [3.05, 3.63) is 154 Å². The first kappa shape index (κ1) is 35.9. The van der Waals surface area contributed by atoms with Crippen LogP contribution in [-0.4, -0.2) is 17.6 Å². The molecule has 0 aromatic heterocycles. The van der Waals surface area contributed by atoms with Gasteiger partial charge in [0.15, 0.2) is 11.7 Å². The fourth-order valence-corrected chi connectivity index (χ4v) is 8.28. The van der Waals surface area contributed by atoms with Crippen LogP contribution in [0.4, 0.5) is 22.7 Å². The number of hydrogen-bond donors (Lipinski definition) is 2. The van der Waals surface area contributed by atoms with Gasteiger partial charge in [0.2, 0.25) is 5.96 Å². The van der Waals surface area contributed by atoms with Crippen LogP contribution in [-0.2, 0) is 5.41 Å². The first-order chi connectivity index (χ1) is 25.4. The molecule has 0 spiro atoms. The minimum Gasteiger partial charge on any atom is -0.281 e. The highest BCUT2D eigenvalue weighted by atomic mass is 15.6. The van der Waals surface area contributed by atoms with Gasteiger partial charge in [0, 0.05) is 5.41 Å². The largest absolute Gasteiger partial charge is 0.281 e. The molecule has 7 rings (SSSR count). The molecule has 0 amide bonds. The molecule has 270 valence electrons. The lowest BCUT2D eigenvalue weighted by molar-refractivity contribution is 0.674. The van der Waals surface area contributed by atoms with Crippen molar-refractivity contribution in [3.8, 4) is 0 Å². The summed E-state index contributed by atoms with van der Waals surface area (Å²) >= 11 is 0. The van der Waals surface area contributed by atoms with Crippen molar-refractivity contribution >= 4 is 40.4 Å². The van der Waals surface area contributed by atoms with Crippen LogP contribution in [0.1, 0.15) is 125 Å². The highest BCUT2D eigenvalue weighted by Crippen LogP contribution is 2.53. The van der Waals surface area contributed by atoms with Crippen molar-refractivity contribution in [1.82, 2.24) is 0 Å². The van der Waals surface area contributed by atoms with E-state index in [1.165, 1.54) is 5.56 Å². The van der Waals surface area contributed by atoms with E-state index in [0.29, 0.717) is 5.96 Å². The van der Waals surface area contributed by atoms with Crippen LogP contribution >= 0.6 is 0 Å². The monoisotopic (exact) mass is 700 g/mol. The van der Waals surface area contributed by atoms with Crippen LogP contribution in [0.5, 0.6) is 0 Å². The highest BCUT2D eigenvalue weighted by molar-refractivity contribution is 6.63. The first-order valence-corrected chi connectivity index (χ1v) is 19.0. The van der Waals surface area contributed by atoms with Gasteiger partial charge in [-0.15, -0.1) is 5.10 Å². The summed E-state index contributed by atoms with van der Waals surface area (Å²) in [5.41, 5.74) is 11.4.